The van der Waals surface area contributed by atoms with E-state index in [1.807, 2.05) is 0 Å². The zero-order valence-corrected chi connectivity index (χ0v) is 10.0. The molecule has 0 radical (unpaired) electrons. The summed E-state index contributed by atoms with van der Waals surface area (Å²) in [5.41, 5.74) is 0. The average molecular weight is 319 g/mol. The Labute approximate surface area is 103 Å². The second-order valence-corrected chi connectivity index (χ2v) is 5.24. The molecule has 0 spiro atoms. The molecular weight excluding hydrogens is 311 g/mol. The van der Waals surface area contributed by atoms with E-state index in [0.717, 1.165) is 0 Å². The minimum Gasteiger partial charge on any atom is -0.267 e. The number of carbonyl (C=O) groups excluding carboxylic acids is 1. The quantitative estimate of drug-likeness (QED) is 0.784. The smallest absolute Gasteiger partial charge is 0.267 e. The van der Waals surface area contributed by atoms with E-state index in [0.29, 0.717) is 4.72 Å². The Morgan fingerprint density at radius 2 is 1.47 bits per heavy atom. The van der Waals surface area contributed by atoms with Crippen LogP contribution < -0.4 is 4.72 Å². The van der Waals surface area contributed by atoms with E-state index in [2.05, 4.69) is 0 Å². The van der Waals surface area contributed by atoms with Gasteiger partial charge in [0.05, 0.1) is 5.75 Å². The fourth-order valence-electron chi connectivity index (χ4n) is 0.846. The van der Waals surface area contributed by atoms with Crippen molar-refractivity contribution >= 4 is 15.9 Å². The van der Waals surface area contributed by atoms with E-state index < -0.39 is 39.7 Å². The highest BCUT2D eigenvalue weighted by atomic mass is 32.2. The summed E-state index contributed by atoms with van der Waals surface area (Å²) >= 11 is 0. The molecule has 0 saturated heterocycles. The third-order valence-corrected chi connectivity index (χ3v) is 3.20. The van der Waals surface area contributed by atoms with Crippen LogP contribution in [0.2, 0.25) is 0 Å². The van der Waals surface area contributed by atoms with Gasteiger partial charge >= 0.3 is 23.9 Å². The first-order chi connectivity index (χ1) is 8.19. The summed E-state index contributed by atoms with van der Waals surface area (Å²) in [6.07, 6.45) is -6.87. The molecule has 0 saturated carbocycles. The largest absolute Gasteiger partial charge is 0.460 e. The Kier molecular flexibility index (Phi) is 4.84. The molecule has 0 aliphatic carbocycles. The minimum atomic E-state index is -6.71. The second kappa shape index (κ2) is 5.13. The van der Waals surface area contributed by atoms with Crippen LogP contribution in [0.1, 0.15) is 13.3 Å². The molecule has 0 bridgehead atoms. The van der Waals surface area contributed by atoms with Crippen molar-refractivity contribution in [1.82, 2.24) is 4.72 Å². The van der Waals surface area contributed by atoms with Crippen LogP contribution in [0.25, 0.3) is 0 Å². The van der Waals surface area contributed by atoms with Gasteiger partial charge in [0.1, 0.15) is 0 Å². The zero-order valence-electron chi connectivity index (χ0n) is 9.19. The van der Waals surface area contributed by atoms with E-state index >= 15 is 0 Å². The molecule has 0 aromatic heterocycles. The first-order valence-electron chi connectivity index (χ1n) is 4.56. The summed E-state index contributed by atoms with van der Waals surface area (Å²) in [6, 6.07) is 0. The summed E-state index contributed by atoms with van der Waals surface area (Å²) in [7, 11) is -4.70. The molecule has 0 aliphatic rings. The van der Waals surface area contributed by atoms with Crippen molar-refractivity contribution in [1.29, 1.82) is 0 Å². The molecule has 12 heteroatoms. The Hall–Kier alpha value is -1.07. The highest BCUT2D eigenvalue weighted by Crippen LogP contribution is 2.46. The van der Waals surface area contributed by atoms with Gasteiger partial charge in [0, 0.05) is 0 Å². The van der Waals surface area contributed by atoms with Gasteiger partial charge in [0.25, 0.3) is 0 Å². The predicted octanol–water partition coefficient (Wildman–Crippen LogP) is 1.68. The number of hydrogen-bond donors (Lipinski definition) is 1. The Balaban J connectivity index is 5.30. The molecule has 0 aliphatic heterocycles. The fourth-order valence-corrected chi connectivity index (χ4v) is 1.90. The van der Waals surface area contributed by atoms with Gasteiger partial charge in [-0.1, -0.05) is 6.92 Å². The van der Waals surface area contributed by atoms with E-state index in [4.69, 9.17) is 0 Å². The van der Waals surface area contributed by atoms with Gasteiger partial charge in [0.15, 0.2) is 0 Å². The molecule has 0 heterocycles. The molecular formula is C7H8F7NO3S. The normalized spacial score (nSPS) is 14.3. The van der Waals surface area contributed by atoms with E-state index in [1.165, 1.54) is 6.92 Å². The van der Waals surface area contributed by atoms with E-state index in [1.54, 1.807) is 0 Å². The molecule has 0 aromatic carbocycles. The number of alkyl halides is 7. The van der Waals surface area contributed by atoms with Crippen LogP contribution in [0.15, 0.2) is 0 Å². The van der Waals surface area contributed by atoms with Gasteiger partial charge in [-0.2, -0.15) is 30.7 Å². The molecule has 0 fully saturated rings. The summed E-state index contributed by atoms with van der Waals surface area (Å²) in [5.74, 6) is -17.0. The maximum Gasteiger partial charge on any atom is 0.460 e. The van der Waals surface area contributed by atoms with Crippen LogP contribution in [0.5, 0.6) is 0 Å². The molecule has 1 N–H and O–H groups in total. The standard InChI is InChI=1S/C7H8F7NO3S/c1-2-3-19(17,18)15-4(16)5(8,9)6(10,11)7(12,13)14/h2-3H2,1H3,(H,15,16). The van der Waals surface area contributed by atoms with Crippen molar-refractivity contribution in [3.8, 4) is 0 Å². The lowest BCUT2D eigenvalue weighted by Crippen LogP contribution is -2.60. The Morgan fingerprint density at radius 3 is 1.79 bits per heavy atom. The SMILES string of the molecule is CCCS(=O)(=O)NC(=O)C(F)(F)C(F)(F)C(F)(F)F. The number of rotatable bonds is 5. The van der Waals surface area contributed by atoms with Gasteiger partial charge in [-0.15, -0.1) is 0 Å². The van der Waals surface area contributed by atoms with Crippen molar-refractivity contribution in [2.45, 2.75) is 31.4 Å². The van der Waals surface area contributed by atoms with Crippen molar-refractivity contribution in [3.63, 3.8) is 0 Å². The number of sulfonamides is 1. The minimum absolute atomic E-state index is 0.163. The van der Waals surface area contributed by atoms with Gasteiger partial charge in [-0.3, -0.25) is 4.79 Å². The molecule has 0 aromatic rings. The highest BCUT2D eigenvalue weighted by Gasteiger charge is 2.76. The fraction of sp³-hybridized carbons (Fsp3) is 0.857. The zero-order chi connectivity index (χ0) is 15.7. The van der Waals surface area contributed by atoms with Crippen molar-refractivity contribution in [2.75, 3.05) is 5.75 Å². The topological polar surface area (TPSA) is 63.2 Å². The van der Waals surface area contributed by atoms with Gasteiger partial charge < -0.3 is 0 Å². The Bertz CT molecular complexity index is 442. The van der Waals surface area contributed by atoms with Gasteiger partial charge in [0.2, 0.25) is 10.0 Å². The molecule has 0 rings (SSSR count). The number of carbonyl (C=O) groups is 1. The second-order valence-electron chi connectivity index (χ2n) is 3.40. The predicted molar refractivity (Wildman–Crippen MR) is 48.2 cm³/mol. The lowest BCUT2D eigenvalue weighted by Gasteiger charge is -2.26. The van der Waals surface area contributed by atoms with Crippen molar-refractivity contribution in [2.24, 2.45) is 0 Å². The van der Waals surface area contributed by atoms with Crippen LogP contribution in [-0.4, -0.2) is 38.1 Å². The number of amides is 1. The monoisotopic (exact) mass is 319 g/mol. The van der Waals surface area contributed by atoms with Crippen LogP contribution in [0.3, 0.4) is 0 Å². The van der Waals surface area contributed by atoms with Crippen LogP contribution >= 0.6 is 0 Å². The van der Waals surface area contributed by atoms with Crippen LogP contribution in [0, 0.1) is 0 Å². The summed E-state index contributed by atoms with van der Waals surface area (Å²) < 4.78 is 108. The molecule has 19 heavy (non-hydrogen) atoms. The molecule has 1 amide bonds. The number of hydrogen-bond acceptors (Lipinski definition) is 3. The first-order valence-corrected chi connectivity index (χ1v) is 6.21. The van der Waals surface area contributed by atoms with Gasteiger partial charge in [-0.05, 0) is 6.42 Å². The third kappa shape index (κ3) is 3.70. The molecule has 0 atom stereocenters. The Morgan fingerprint density at radius 1 is 1.05 bits per heavy atom. The van der Waals surface area contributed by atoms with Crippen molar-refractivity contribution < 1.29 is 43.9 Å². The number of nitrogens with one attached hydrogen (secondary N) is 1. The summed E-state index contributed by atoms with van der Waals surface area (Å²) in [4.78, 5) is 10.6. The molecule has 114 valence electrons. The number of halogens is 7. The highest BCUT2D eigenvalue weighted by molar-refractivity contribution is 7.90. The molecule has 0 unspecified atom stereocenters. The van der Waals surface area contributed by atoms with Crippen LogP contribution in [-0.2, 0) is 14.8 Å². The van der Waals surface area contributed by atoms with Crippen LogP contribution in [0.4, 0.5) is 30.7 Å². The lowest BCUT2D eigenvalue weighted by molar-refractivity contribution is -0.343. The van der Waals surface area contributed by atoms with E-state index in [9.17, 15) is 43.9 Å². The van der Waals surface area contributed by atoms with Crippen molar-refractivity contribution in [3.05, 3.63) is 0 Å². The van der Waals surface area contributed by atoms with E-state index in [-0.39, 0.29) is 6.42 Å². The van der Waals surface area contributed by atoms with Gasteiger partial charge in [-0.25, -0.2) is 13.1 Å². The summed E-state index contributed by atoms with van der Waals surface area (Å²) in [6.45, 7) is 1.26. The molecule has 4 nitrogen and oxygen atoms in total. The first kappa shape index (κ1) is 17.9. The average Bonchev–Trinajstić information content (AvgIpc) is 2.14. The summed E-state index contributed by atoms with van der Waals surface area (Å²) in [5, 5.41) is 0. The maximum atomic E-state index is 12.7. The maximum absolute atomic E-state index is 12.7. The third-order valence-electron chi connectivity index (χ3n) is 1.76. The lowest BCUT2D eigenvalue weighted by atomic mass is 10.1.